The third kappa shape index (κ3) is 4.02. The zero-order valence-electron chi connectivity index (χ0n) is 28.9. The summed E-state index contributed by atoms with van der Waals surface area (Å²) in [5.74, 6) is 0. The van der Waals surface area contributed by atoms with Crippen LogP contribution in [-0.2, 0) is 18.3 Å². The molecule has 2 aliphatic rings. The fourth-order valence-electron chi connectivity index (χ4n) is 9.75. The lowest BCUT2D eigenvalue weighted by molar-refractivity contribution is 0.660. The Balaban J connectivity index is 1.27. The summed E-state index contributed by atoms with van der Waals surface area (Å²) in [6, 6.07) is 59.8. The Morgan fingerprint density at radius 2 is 0.980 bits per heavy atom. The molecule has 0 aliphatic heterocycles. The number of hydrogen-bond donors (Lipinski definition) is 0. The first-order valence-electron chi connectivity index (χ1n) is 18.3. The molecule has 0 saturated carbocycles. The highest BCUT2D eigenvalue weighted by Crippen LogP contribution is 2.52. The van der Waals surface area contributed by atoms with Crippen molar-refractivity contribution in [2.24, 2.45) is 0 Å². The molecule has 0 radical (unpaired) electrons. The van der Waals surface area contributed by atoms with Gasteiger partial charge in [-0.2, -0.15) is 0 Å². The van der Waals surface area contributed by atoms with Gasteiger partial charge in [0.2, 0.25) is 0 Å². The molecule has 0 amide bonds. The highest BCUT2D eigenvalue weighted by atomic mass is 14.4. The van der Waals surface area contributed by atoms with Gasteiger partial charge in [0.15, 0.2) is 0 Å². The summed E-state index contributed by atoms with van der Waals surface area (Å²) >= 11 is 0. The predicted molar refractivity (Wildman–Crippen MR) is 218 cm³/mol. The van der Waals surface area contributed by atoms with Gasteiger partial charge in [-0.3, -0.25) is 0 Å². The molecule has 0 nitrogen and oxygen atoms in total. The van der Waals surface area contributed by atoms with Crippen LogP contribution >= 0.6 is 0 Å². The molecule has 0 unspecified atom stereocenters. The molecule has 0 aromatic heterocycles. The van der Waals surface area contributed by atoms with Crippen LogP contribution in [0, 0.1) is 0 Å². The number of aryl methyl sites for hydroxylation is 2. The highest BCUT2D eigenvalue weighted by molar-refractivity contribution is 6.24. The Hall–Kier alpha value is -5.98. The molecule has 9 aromatic carbocycles. The van der Waals surface area contributed by atoms with Gasteiger partial charge in [-0.1, -0.05) is 159 Å². The molecule has 0 N–H and O–H groups in total. The molecule has 0 heteroatoms. The standard InChI is InChI=1S/C51H36/c1-51(2)46-20-8-7-15-38(46)39-26-25-35(30-47(39)51)49-41-16-5-6-17-42(41)50(43-27-23-33-22-21-32-13-10-19-40(43)48(32)33)44-28-24-34(29-45(44)49)37-18-9-12-31-11-3-4-14-36(31)37/h3-20,23-30H,21-22H2,1-2H3. The molecular formula is C51H36. The van der Waals surface area contributed by atoms with Crippen molar-refractivity contribution < 1.29 is 0 Å². The molecule has 0 spiro atoms. The van der Waals surface area contributed by atoms with E-state index in [0.29, 0.717) is 0 Å². The maximum Gasteiger partial charge on any atom is 0.0159 e. The molecule has 240 valence electrons. The fourth-order valence-corrected chi connectivity index (χ4v) is 9.75. The van der Waals surface area contributed by atoms with Gasteiger partial charge in [-0.15, -0.1) is 0 Å². The van der Waals surface area contributed by atoms with Crippen molar-refractivity contribution in [1.82, 2.24) is 0 Å². The van der Waals surface area contributed by atoms with Crippen LogP contribution in [0.25, 0.3) is 87.6 Å². The first kappa shape index (κ1) is 28.8. The van der Waals surface area contributed by atoms with Crippen molar-refractivity contribution in [3.8, 4) is 44.5 Å². The number of fused-ring (bicyclic) bond motifs is 6. The van der Waals surface area contributed by atoms with Gasteiger partial charge < -0.3 is 0 Å². The van der Waals surface area contributed by atoms with Crippen LogP contribution in [0.3, 0.4) is 0 Å². The lowest BCUT2D eigenvalue weighted by atomic mass is 9.80. The first-order chi connectivity index (χ1) is 25.1. The summed E-state index contributed by atoms with van der Waals surface area (Å²) in [5.41, 5.74) is 16.2. The summed E-state index contributed by atoms with van der Waals surface area (Å²) in [4.78, 5) is 0. The Labute approximate surface area is 298 Å². The molecule has 9 aromatic rings. The van der Waals surface area contributed by atoms with E-state index in [0.717, 1.165) is 12.8 Å². The van der Waals surface area contributed by atoms with E-state index in [2.05, 4.69) is 172 Å². The Bertz CT molecular complexity index is 2920. The van der Waals surface area contributed by atoms with Crippen LogP contribution < -0.4 is 0 Å². The van der Waals surface area contributed by atoms with Gasteiger partial charge in [0.25, 0.3) is 0 Å². The van der Waals surface area contributed by atoms with Crippen LogP contribution in [0.4, 0.5) is 0 Å². The van der Waals surface area contributed by atoms with Gasteiger partial charge in [0, 0.05) is 5.41 Å². The van der Waals surface area contributed by atoms with Crippen LogP contribution in [0.5, 0.6) is 0 Å². The van der Waals surface area contributed by atoms with Crippen molar-refractivity contribution in [1.29, 1.82) is 0 Å². The van der Waals surface area contributed by atoms with Gasteiger partial charge in [-0.05, 0) is 135 Å². The first-order valence-corrected chi connectivity index (χ1v) is 18.3. The lowest BCUT2D eigenvalue weighted by Gasteiger charge is -2.23. The van der Waals surface area contributed by atoms with E-state index in [4.69, 9.17) is 0 Å². The van der Waals surface area contributed by atoms with Crippen molar-refractivity contribution in [3.05, 3.63) is 180 Å². The van der Waals surface area contributed by atoms with Crippen molar-refractivity contribution in [2.45, 2.75) is 32.1 Å². The second kappa shape index (κ2) is 10.5. The van der Waals surface area contributed by atoms with Crippen molar-refractivity contribution in [2.75, 3.05) is 0 Å². The van der Waals surface area contributed by atoms with Crippen LogP contribution in [-0.4, -0.2) is 0 Å². The third-order valence-corrected chi connectivity index (χ3v) is 12.1. The molecular weight excluding hydrogens is 613 g/mol. The maximum atomic E-state index is 2.50. The zero-order valence-corrected chi connectivity index (χ0v) is 28.9. The summed E-state index contributed by atoms with van der Waals surface area (Å²) in [5, 5.41) is 10.6. The van der Waals surface area contributed by atoms with Gasteiger partial charge in [0.1, 0.15) is 0 Å². The van der Waals surface area contributed by atoms with Crippen molar-refractivity contribution >= 4 is 43.1 Å². The molecule has 51 heavy (non-hydrogen) atoms. The van der Waals surface area contributed by atoms with Gasteiger partial charge in [0.05, 0.1) is 0 Å². The van der Waals surface area contributed by atoms with Crippen LogP contribution in [0.2, 0.25) is 0 Å². The Morgan fingerprint density at radius 3 is 1.86 bits per heavy atom. The van der Waals surface area contributed by atoms with Gasteiger partial charge in [-0.25, -0.2) is 0 Å². The van der Waals surface area contributed by atoms with E-state index >= 15 is 0 Å². The highest BCUT2D eigenvalue weighted by Gasteiger charge is 2.35. The van der Waals surface area contributed by atoms with Crippen LogP contribution in [0.1, 0.15) is 36.1 Å². The molecule has 2 aliphatic carbocycles. The van der Waals surface area contributed by atoms with E-state index in [-0.39, 0.29) is 5.41 Å². The lowest BCUT2D eigenvalue weighted by Crippen LogP contribution is -2.14. The third-order valence-electron chi connectivity index (χ3n) is 12.1. The smallest absolute Gasteiger partial charge is 0.0159 e. The molecule has 0 bridgehead atoms. The number of benzene rings is 9. The monoisotopic (exact) mass is 648 g/mol. The van der Waals surface area contributed by atoms with Gasteiger partial charge >= 0.3 is 0 Å². The second-order valence-electron chi connectivity index (χ2n) is 15.1. The Kier molecular flexibility index (Phi) is 5.94. The maximum absolute atomic E-state index is 2.50. The molecule has 11 rings (SSSR count). The van der Waals surface area contributed by atoms with E-state index in [9.17, 15) is 0 Å². The molecule has 0 fully saturated rings. The SMILES string of the molecule is CC1(C)c2ccccc2-c2ccc(-c3c4ccccc4c(-c4ccc5c6c(cccc46)CC5)c4ccc(-c5cccc6ccccc56)cc34)cc21. The predicted octanol–water partition coefficient (Wildman–Crippen LogP) is 13.7. The van der Waals surface area contributed by atoms with Crippen LogP contribution in [0.15, 0.2) is 158 Å². The van der Waals surface area contributed by atoms with E-state index in [1.807, 2.05) is 0 Å². The number of hydrogen-bond acceptors (Lipinski definition) is 0. The van der Waals surface area contributed by atoms with Crippen molar-refractivity contribution in [3.63, 3.8) is 0 Å². The minimum absolute atomic E-state index is 0.0771. The van der Waals surface area contributed by atoms with E-state index in [1.165, 1.54) is 110 Å². The topological polar surface area (TPSA) is 0 Å². The number of rotatable bonds is 3. The summed E-state index contributed by atoms with van der Waals surface area (Å²) in [6.45, 7) is 4.77. The molecule has 0 heterocycles. The average Bonchev–Trinajstić information content (AvgIpc) is 3.70. The molecule has 0 saturated heterocycles. The Morgan fingerprint density at radius 1 is 0.373 bits per heavy atom. The van der Waals surface area contributed by atoms with E-state index < -0.39 is 0 Å². The minimum Gasteiger partial charge on any atom is -0.0619 e. The summed E-state index contributed by atoms with van der Waals surface area (Å²) < 4.78 is 0. The average molecular weight is 649 g/mol. The normalized spacial score (nSPS) is 14.1. The zero-order chi connectivity index (χ0) is 33.8. The summed E-state index contributed by atoms with van der Waals surface area (Å²) in [7, 11) is 0. The fraction of sp³-hybridized carbons (Fsp3) is 0.0980. The minimum atomic E-state index is -0.0771. The van der Waals surface area contributed by atoms with E-state index in [1.54, 1.807) is 0 Å². The largest absolute Gasteiger partial charge is 0.0619 e. The molecule has 0 atom stereocenters. The quantitative estimate of drug-likeness (QED) is 0.167. The second-order valence-corrected chi connectivity index (χ2v) is 15.1. The summed E-state index contributed by atoms with van der Waals surface area (Å²) in [6.07, 6.45) is 2.26.